The molecule has 0 aliphatic carbocycles. The van der Waals surface area contributed by atoms with Gasteiger partial charge in [-0.2, -0.15) is 0 Å². The van der Waals surface area contributed by atoms with Crippen molar-refractivity contribution >= 4 is 43.2 Å². The molecule has 0 amide bonds. The minimum atomic E-state index is -1.33. The Labute approximate surface area is 246 Å². The molecule has 0 fully saturated rings. The summed E-state index contributed by atoms with van der Waals surface area (Å²) in [6.45, 7) is 15.0. The van der Waals surface area contributed by atoms with Crippen LogP contribution >= 0.6 is 23.2 Å². The molecule has 0 aliphatic heterocycles. The van der Waals surface area contributed by atoms with E-state index in [0.29, 0.717) is 42.3 Å². The van der Waals surface area contributed by atoms with Crippen LogP contribution in [0.2, 0.25) is 35.7 Å². The Morgan fingerprint density at radius 1 is 0.872 bits per heavy atom. The van der Waals surface area contributed by atoms with Gasteiger partial charge in [0, 0.05) is 18.1 Å². The molecule has 0 saturated carbocycles. The summed E-state index contributed by atoms with van der Waals surface area (Å²) in [6, 6.07) is 14.7. The molecule has 0 aliphatic rings. The lowest BCUT2D eigenvalue weighted by atomic mass is 9.86. The summed E-state index contributed by atoms with van der Waals surface area (Å²) in [4.78, 5) is 26.4. The minimum absolute atomic E-state index is 0.205. The molecule has 216 valence electrons. The van der Waals surface area contributed by atoms with E-state index in [0.717, 1.165) is 35.6 Å². The summed E-state index contributed by atoms with van der Waals surface area (Å²) in [5.74, 6) is -1.12. The van der Waals surface area contributed by atoms with E-state index in [1.807, 2.05) is 45.0 Å². The normalized spacial score (nSPS) is 13.6. The van der Waals surface area contributed by atoms with Crippen LogP contribution in [0, 0.1) is 11.8 Å². The molecule has 4 nitrogen and oxygen atoms in total. The molecular formula is C32H46Cl2O4Si. The number of carbonyl (C=O) groups is 2. The molecule has 2 atom stereocenters. The van der Waals surface area contributed by atoms with Crippen molar-refractivity contribution in [1.29, 1.82) is 0 Å². The SMILES string of the molecule is CCCC[C@@H](C[C@@H](CCc1ccc(-c2cc(Cl)cc(Cl)c2)cc1)C(=O)OCC[Si](C)(C)C)C(=O)OC(C)(C)C. The number of benzene rings is 2. The second-order valence-electron chi connectivity index (χ2n) is 12.7. The highest BCUT2D eigenvalue weighted by atomic mass is 35.5. The van der Waals surface area contributed by atoms with Crippen LogP contribution < -0.4 is 0 Å². The molecule has 39 heavy (non-hydrogen) atoms. The fraction of sp³-hybridized carbons (Fsp3) is 0.562. The van der Waals surface area contributed by atoms with Crippen LogP contribution in [0.25, 0.3) is 11.1 Å². The lowest BCUT2D eigenvalue weighted by molar-refractivity contribution is -0.162. The van der Waals surface area contributed by atoms with Crippen molar-refractivity contribution in [1.82, 2.24) is 0 Å². The first-order chi connectivity index (χ1) is 18.2. The average molecular weight is 594 g/mol. The van der Waals surface area contributed by atoms with Crippen LogP contribution in [0.1, 0.15) is 65.4 Å². The fourth-order valence-corrected chi connectivity index (χ4v) is 5.58. The van der Waals surface area contributed by atoms with Gasteiger partial charge in [-0.1, -0.05) is 86.9 Å². The molecule has 0 radical (unpaired) electrons. The molecule has 2 aromatic rings. The highest BCUT2D eigenvalue weighted by Crippen LogP contribution is 2.29. The zero-order valence-corrected chi connectivity index (χ0v) is 27.3. The summed E-state index contributed by atoms with van der Waals surface area (Å²) >= 11 is 12.4. The lowest BCUT2D eigenvalue weighted by Crippen LogP contribution is -2.32. The molecule has 0 heterocycles. The van der Waals surface area contributed by atoms with Gasteiger partial charge in [0.2, 0.25) is 0 Å². The van der Waals surface area contributed by atoms with Crippen molar-refractivity contribution in [2.45, 2.75) is 97.5 Å². The zero-order chi connectivity index (χ0) is 29.2. The molecule has 0 spiro atoms. The van der Waals surface area contributed by atoms with Gasteiger partial charge in [0.1, 0.15) is 5.60 Å². The summed E-state index contributed by atoms with van der Waals surface area (Å²) in [5.41, 5.74) is 2.53. The highest BCUT2D eigenvalue weighted by molar-refractivity contribution is 6.76. The van der Waals surface area contributed by atoms with Gasteiger partial charge in [0.15, 0.2) is 0 Å². The third-order valence-corrected chi connectivity index (χ3v) is 8.72. The van der Waals surface area contributed by atoms with Crippen LogP contribution in [0.4, 0.5) is 0 Å². The standard InChI is InChI=1S/C32H46Cl2O4Si/c1-8-9-10-25(31(36)38-32(2,3)4)19-26(30(35)37-17-18-39(5,6)7)16-13-23-11-14-24(15-12-23)27-20-28(33)22-29(34)21-27/h11-12,14-15,20-22,25-26H,8-10,13,16-19H2,1-7H3/t25-,26+/m0/s1. The summed E-state index contributed by atoms with van der Waals surface area (Å²) < 4.78 is 11.5. The number of ether oxygens (including phenoxy) is 2. The van der Waals surface area contributed by atoms with Crippen LogP contribution in [0.3, 0.4) is 0 Å². The predicted molar refractivity (Wildman–Crippen MR) is 166 cm³/mol. The number of carbonyl (C=O) groups excluding carboxylic acids is 2. The number of unbranched alkanes of at least 4 members (excludes halogenated alkanes) is 1. The maximum atomic E-state index is 13.3. The summed E-state index contributed by atoms with van der Waals surface area (Å²) in [7, 11) is -1.33. The average Bonchev–Trinajstić information content (AvgIpc) is 2.81. The van der Waals surface area contributed by atoms with Gasteiger partial charge < -0.3 is 9.47 Å². The van der Waals surface area contributed by atoms with E-state index in [9.17, 15) is 9.59 Å². The molecular weight excluding hydrogens is 547 g/mol. The van der Waals surface area contributed by atoms with Crippen LogP contribution in [-0.2, 0) is 25.5 Å². The second kappa shape index (κ2) is 15.3. The van der Waals surface area contributed by atoms with Gasteiger partial charge in [-0.25, -0.2) is 0 Å². The van der Waals surface area contributed by atoms with E-state index in [2.05, 4.69) is 38.7 Å². The fourth-order valence-electron chi connectivity index (χ4n) is 4.34. The number of halogens is 2. The van der Waals surface area contributed by atoms with E-state index in [1.54, 1.807) is 6.07 Å². The molecule has 7 heteroatoms. The minimum Gasteiger partial charge on any atom is -0.466 e. The topological polar surface area (TPSA) is 52.6 Å². The van der Waals surface area contributed by atoms with E-state index >= 15 is 0 Å². The van der Waals surface area contributed by atoms with E-state index in [1.165, 1.54) is 0 Å². The first-order valence-corrected chi connectivity index (χ1v) is 18.6. The van der Waals surface area contributed by atoms with Crippen LogP contribution in [0.5, 0.6) is 0 Å². The maximum Gasteiger partial charge on any atom is 0.309 e. The van der Waals surface area contributed by atoms with Crippen molar-refractivity contribution < 1.29 is 19.1 Å². The Morgan fingerprint density at radius 3 is 2.00 bits per heavy atom. The lowest BCUT2D eigenvalue weighted by Gasteiger charge is -2.26. The third kappa shape index (κ3) is 12.9. The molecule has 0 saturated heterocycles. The maximum absolute atomic E-state index is 13.3. The summed E-state index contributed by atoms with van der Waals surface area (Å²) in [5, 5.41) is 1.19. The molecule has 0 bridgehead atoms. The van der Waals surface area contributed by atoms with E-state index in [-0.39, 0.29) is 23.8 Å². The molecule has 2 aromatic carbocycles. The van der Waals surface area contributed by atoms with Gasteiger partial charge in [-0.3, -0.25) is 9.59 Å². The van der Waals surface area contributed by atoms with Gasteiger partial charge in [0.25, 0.3) is 0 Å². The van der Waals surface area contributed by atoms with Crippen LogP contribution in [-0.4, -0.2) is 32.2 Å². The highest BCUT2D eigenvalue weighted by Gasteiger charge is 2.31. The van der Waals surface area contributed by atoms with Crippen molar-refractivity contribution in [3.63, 3.8) is 0 Å². The van der Waals surface area contributed by atoms with E-state index in [4.69, 9.17) is 32.7 Å². The monoisotopic (exact) mass is 592 g/mol. The van der Waals surface area contributed by atoms with Crippen molar-refractivity contribution in [2.75, 3.05) is 6.61 Å². The molecule has 0 N–H and O–H groups in total. The largest absolute Gasteiger partial charge is 0.466 e. The van der Waals surface area contributed by atoms with Crippen molar-refractivity contribution in [3.8, 4) is 11.1 Å². The Kier molecular flexibility index (Phi) is 13.1. The number of rotatable bonds is 14. The Morgan fingerprint density at radius 2 is 1.46 bits per heavy atom. The van der Waals surface area contributed by atoms with Gasteiger partial charge in [-0.05, 0) is 87.4 Å². The molecule has 2 rings (SSSR count). The Hall–Kier alpha value is -1.82. The first kappa shape index (κ1) is 33.4. The predicted octanol–water partition coefficient (Wildman–Crippen LogP) is 9.63. The number of aryl methyl sites for hydroxylation is 1. The second-order valence-corrected chi connectivity index (χ2v) is 19.2. The quantitative estimate of drug-likeness (QED) is 0.162. The molecule has 0 aromatic heterocycles. The molecule has 0 unspecified atom stereocenters. The first-order valence-electron chi connectivity index (χ1n) is 14.1. The van der Waals surface area contributed by atoms with Gasteiger partial charge >= 0.3 is 11.9 Å². The number of esters is 2. The van der Waals surface area contributed by atoms with Crippen LogP contribution in [0.15, 0.2) is 42.5 Å². The Balaban J connectivity index is 2.17. The van der Waals surface area contributed by atoms with Crippen molar-refractivity contribution in [3.05, 3.63) is 58.1 Å². The number of hydrogen-bond acceptors (Lipinski definition) is 4. The summed E-state index contributed by atoms with van der Waals surface area (Å²) in [6.07, 6.45) is 4.37. The van der Waals surface area contributed by atoms with E-state index < -0.39 is 13.7 Å². The Bertz CT molecular complexity index is 1050. The van der Waals surface area contributed by atoms with Gasteiger partial charge in [0.05, 0.1) is 18.4 Å². The van der Waals surface area contributed by atoms with Gasteiger partial charge in [-0.15, -0.1) is 0 Å². The third-order valence-electron chi connectivity index (χ3n) is 6.58. The zero-order valence-electron chi connectivity index (χ0n) is 24.7. The van der Waals surface area contributed by atoms with Crippen molar-refractivity contribution in [2.24, 2.45) is 11.8 Å². The number of hydrogen-bond donors (Lipinski definition) is 0. The smallest absolute Gasteiger partial charge is 0.309 e.